The standard InChI is InChI=1S/C23H38N7O17P3S.C7H15NO3/c1-12(31)51-7-6-25-14(32)4-5-26-21(35)18(34)23(2,3)9-44-50(41,42)47-49(39,40)43-8-13-17(46-48(36,37)38)16(33)22(45-13)30-11-29-15-19(24)27-10-28-20(15)30;1-8(2,3)5-6(9)4-7(10)11/h10-11,13,16-18,22,33-34H,4-9H2,1-3H3,(H,25,32)(H,26,35)(H,39,40)(H,41,42)(H2,24,27,28)(H2,36,37,38);6,9H,4-5H2,1-3H3/t13-,16-,17-,18?,22-;/m1./s1. The van der Waals surface area contributed by atoms with Crippen LogP contribution in [0.25, 0.3) is 11.2 Å². The Morgan fingerprint density at radius 1 is 1.03 bits per heavy atom. The molecule has 62 heavy (non-hydrogen) atoms. The molecule has 8 atom stereocenters. The maximum absolute atomic E-state index is 12.6. The summed E-state index contributed by atoms with van der Waals surface area (Å²) in [5.74, 6) is -2.29. The Kier molecular flexibility index (Phi) is 20.6. The largest absolute Gasteiger partial charge is 0.550 e. The number of amides is 2. The summed E-state index contributed by atoms with van der Waals surface area (Å²) >= 11 is 1.03. The number of hydrogen-bond donors (Lipinski definition) is 10. The lowest BCUT2D eigenvalue weighted by Crippen LogP contribution is -2.46. The fraction of sp³-hybridized carbons (Fsp3) is 0.700. The maximum atomic E-state index is 12.6. The summed E-state index contributed by atoms with van der Waals surface area (Å²) in [5.41, 5.74) is 4.26. The summed E-state index contributed by atoms with van der Waals surface area (Å²) in [5, 5.41) is 45.2. The predicted octanol–water partition coefficient (Wildman–Crippen LogP) is -3.12. The van der Waals surface area contributed by atoms with Gasteiger partial charge in [0.05, 0.1) is 40.7 Å². The molecule has 1 fully saturated rings. The average molecular weight is 971 g/mol. The van der Waals surface area contributed by atoms with Gasteiger partial charge in [0.2, 0.25) is 11.8 Å². The molecule has 4 unspecified atom stereocenters. The van der Waals surface area contributed by atoms with Crippen molar-refractivity contribution in [2.24, 2.45) is 5.41 Å². The van der Waals surface area contributed by atoms with E-state index in [1.165, 1.54) is 20.8 Å². The van der Waals surface area contributed by atoms with Crippen LogP contribution in [0, 0.1) is 5.41 Å². The van der Waals surface area contributed by atoms with Gasteiger partial charge in [-0.15, -0.1) is 0 Å². The van der Waals surface area contributed by atoms with E-state index in [0.717, 1.165) is 29.0 Å². The van der Waals surface area contributed by atoms with Crippen molar-refractivity contribution in [2.45, 2.75) is 70.4 Å². The van der Waals surface area contributed by atoms with Crippen molar-refractivity contribution in [1.29, 1.82) is 0 Å². The lowest BCUT2D eigenvalue weighted by Gasteiger charge is -2.30. The van der Waals surface area contributed by atoms with E-state index >= 15 is 0 Å². The van der Waals surface area contributed by atoms with Crippen LogP contribution in [0.1, 0.15) is 39.8 Å². The molecule has 2 aromatic rings. The lowest BCUT2D eigenvalue weighted by molar-refractivity contribution is -0.873. The number of likely N-dealkylation sites (N-methyl/N-ethyl adjacent to an activating group) is 1. The summed E-state index contributed by atoms with van der Waals surface area (Å²) in [4.78, 5) is 95.9. The molecular weight excluding hydrogens is 917 g/mol. The van der Waals surface area contributed by atoms with Gasteiger partial charge >= 0.3 is 23.5 Å². The number of hydrogen-bond acceptors (Lipinski definition) is 21. The number of carbonyl (C=O) groups is 4. The number of carboxylic acids is 1. The first-order valence-corrected chi connectivity index (χ1v) is 23.5. The zero-order chi connectivity index (χ0) is 47.4. The van der Waals surface area contributed by atoms with E-state index in [4.69, 9.17) is 24.6 Å². The first kappa shape index (κ1) is 55.1. The van der Waals surface area contributed by atoms with Crippen LogP contribution < -0.4 is 21.5 Å². The zero-order valence-corrected chi connectivity index (χ0v) is 37.8. The van der Waals surface area contributed by atoms with Crippen LogP contribution >= 0.6 is 35.2 Å². The predicted molar refractivity (Wildman–Crippen MR) is 211 cm³/mol. The number of nitrogen functional groups attached to an aromatic ring is 1. The second-order valence-electron chi connectivity index (χ2n) is 15.1. The van der Waals surface area contributed by atoms with Gasteiger partial charge in [-0.2, -0.15) is 4.31 Å². The van der Waals surface area contributed by atoms with Crippen LogP contribution in [0.4, 0.5) is 5.82 Å². The molecule has 0 saturated carbocycles. The first-order chi connectivity index (χ1) is 28.3. The number of carbonyl (C=O) groups excluding carboxylic acids is 4. The number of quaternary nitrogens is 1. The van der Waals surface area contributed by atoms with Crippen LogP contribution in [-0.2, 0) is 55.5 Å². The lowest BCUT2D eigenvalue weighted by atomic mass is 9.87. The molecule has 3 rings (SSSR count). The first-order valence-electron chi connectivity index (χ1n) is 18.0. The Bertz CT molecular complexity index is 2000. The Labute approximate surface area is 358 Å². The summed E-state index contributed by atoms with van der Waals surface area (Å²) in [6.45, 7) is 2.33. The average Bonchev–Trinajstić information content (AvgIpc) is 3.67. The molecule has 1 saturated heterocycles. The fourth-order valence-corrected chi connectivity index (χ4v) is 8.53. The van der Waals surface area contributed by atoms with Crippen LogP contribution in [0.15, 0.2) is 12.7 Å². The molecule has 1 aliphatic rings. The number of phosphoric acid groups is 3. The third-order valence-electron chi connectivity index (χ3n) is 7.97. The van der Waals surface area contributed by atoms with Gasteiger partial charge in [-0.1, -0.05) is 25.6 Å². The third-order valence-corrected chi connectivity index (χ3v) is 11.9. The molecular formula is C30H53N8O20P3S. The van der Waals surface area contributed by atoms with E-state index in [1.807, 2.05) is 21.1 Å². The monoisotopic (exact) mass is 970 g/mol. The number of carboxylic acid groups (broad SMARTS) is 1. The van der Waals surface area contributed by atoms with Gasteiger partial charge in [-0.25, -0.2) is 28.6 Å². The van der Waals surface area contributed by atoms with Crippen LogP contribution in [0.3, 0.4) is 0 Å². The van der Waals surface area contributed by atoms with Crippen molar-refractivity contribution in [2.75, 3.05) is 65.5 Å². The fourth-order valence-electron chi connectivity index (χ4n) is 5.21. The summed E-state index contributed by atoms with van der Waals surface area (Å²) in [6, 6.07) is 0. The SMILES string of the molecule is CC(=O)SCCNC(=O)CCNC(=O)C(O)C(C)(C)COP(=O)(O)OP(=O)(O)OC[C@H]1O[C@@H](n2cnc3c(N)ncnc32)[C@H](O)[C@@H]1OP(=O)(O)O.C[N+](C)(C)CC(O)CC(=O)[O-]. The number of imidazole rings is 1. The molecule has 354 valence electrons. The van der Waals surface area contributed by atoms with Gasteiger partial charge in [0.15, 0.2) is 22.8 Å². The highest BCUT2D eigenvalue weighted by Crippen LogP contribution is 2.61. The number of ether oxygens (including phenoxy) is 1. The number of nitrogens with one attached hydrogen (secondary N) is 2. The van der Waals surface area contributed by atoms with E-state index < -0.39 is 96.6 Å². The number of rotatable bonds is 23. The van der Waals surface area contributed by atoms with Crippen LogP contribution in [-0.4, -0.2) is 172 Å². The van der Waals surface area contributed by atoms with Crippen molar-refractivity contribution < 1.29 is 100.0 Å². The van der Waals surface area contributed by atoms with Gasteiger partial charge in [0.25, 0.3) is 0 Å². The van der Waals surface area contributed by atoms with E-state index in [9.17, 15) is 67.8 Å². The number of aromatic nitrogens is 4. The van der Waals surface area contributed by atoms with Crippen molar-refractivity contribution >= 4 is 75.1 Å². The Morgan fingerprint density at radius 3 is 2.24 bits per heavy atom. The highest BCUT2D eigenvalue weighted by atomic mass is 32.2. The molecule has 11 N–H and O–H groups in total. The van der Waals surface area contributed by atoms with Crippen molar-refractivity contribution in [3.05, 3.63) is 12.7 Å². The molecule has 0 aromatic carbocycles. The summed E-state index contributed by atoms with van der Waals surface area (Å²) in [6.07, 6.45) is -7.97. The van der Waals surface area contributed by atoms with Gasteiger partial charge in [-0.05, 0) is 0 Å². The number of thioether (sulfide) groups is 1. The quantitative estimate of drug-likeness (QED) is 0.0299. The normalized spacial score (nSPS) is 21.2. The van der Waals surface area contributed by atoms with Crippen LogP contribution in [0.5, 0.6) is 0 Å². The van der Waals surface area contributed by atoms with Crippen molar-refractivity contribution in [3.63, 3.8) is 0 Å². The highest BCUT2D eigenvalue weighted by Gasteiger charge is 2.50. The number of phosphoric ester groups is 3. The van der Waals surface area contributed by atoms with Crippen molar-refractivity contribution in [3.8, 4) is 0 Å². The molecule has 3 heterocycles. The van der Waals surface area contributed by atoms with Crippen LogP contribution in [0.2, 0.25) is 0 Å². The molecule has 0 bridgehead atoms. The van der Waals surface area contributed by atoms with E-state index in [1.54, 1.807) is 0 Å². The molecule has 1 aliphatic heterocycles. The molecule has 32 heteroatoms. The number of aliphatic carboxylic acids is 1. The van der Waals surface area contributed by atoms with Gasteiger partial charge in [0, 0.05) is 50.0 Å². The van der Waals surface area contributed by atoms with E-state index in [2.05, 4.69) is 34.4 Å². The van der Waals surface area contributed by atoms with Gasteiger partial charge in [0.1, 0.15) is 48.9 Å². The molecule has 0 spiro atoms. The molecule has 28 nitrogen and oxygen atoms in total. The Hall–Kier alpha value is -3.05. The topological polar surface area (TPSA) is 424 Å². The molecule has 2 amide bonds. The number of nitrogens with zero attached hydrogens (tertiary/aromatic N) is 5. The van der Waals surface area contributed by atoms with E-state index in [-0.39, 0.29) is 48.0 Å². The third kappa shape index (κ3) is 19.4. The minimum Gasteiger partial charge on any atom is -0.550 e. The Balaban J connectivity index is 0.00000105. The highest BCUT2D eigenvalue weighted by molar-refractivity contribution is 8.13. The molecule has 0 aliphatic carbocycles. The van der Waals surface area contributed by atoms with Gasteiger partial charge < -0.3 is 70.4 Å². The molecule has 2 aromatic heterocycles. The summed E-state index contributed by atoms with van der Waals surface area (Å²) in [7, 11) is -10.7. The molecule has 0 radical (unpaired) electrons. The smallest absolute Gasteiger partial charge is 0.481 e. The van der Waals surface area contributed by atoms with Crippen molar-refractivity contribution in [1.82, 2.24) is 30.2 Å². The maximum Gasteiger partial charge on any atom is 0.481 e. The van der Waals surface area contributed by atoms with E-state index in [0.29, 0.717) is 16.8 Å². The van der Waals surface area contributed by atoms with Gasteiger partial charge in [-0.3, -0.25) is 32.5 Å². The number of anilines is 1. The number of fused-ring (bicyclic) bond motifs is 1. The second kappa shape index (κ2) is 23.2. The summed E-state index contributed by atoms with van der Waals surface area (Å²) < 4.78 is 62.4. The second-order valence-corrected chi connectivity index (χ2v) is 20.6. The minimum absolute atomic E-state index is 0.0310. The number of aliphatic hydroxyl groups excluding tert-OH is 3. The number of nitrogens with two attached hydrogens (primary N) is 1. The minimum atomic E-state index is -5.56. The Morgan fingerprint density at radius 2 is 1.66 bits per heavy atom. The zero-order valence-electron chi connectivity index (χ0n) is 34.3. The number of aliphatic hydroxyl groups is 3.